The highest BCUT2D eigenvalue weighted by atomic mass is 16.2. The molecule has 0 aromatic heterocycles. The molecule has 0 spiro atoms. The molecule has 0 aliphatic carbocycles. The monoisotopic (exact) mass is 250 g/mol. The Bertz CT molecular complexity index is 275. The van der Waals surface area contributed by atoms with Crippen molar-refractivity contribution >= 4 is 5.91 Å². The van der Waals surface area contributed by atoms with Crippen LogP contribution in [0, 0.1) is 18.3 Å². The van der Waals surface area contributed by atoms with Crippen molar-refractivity contribution in [3.63, 3.8) is 0 Å². The molecule has 0 bridgehead atoms. The van der Waals surface area contributed by atoms with Crippen molar-refractivity contribution in [2.45, 2.75) is 45.4 Å². The van der Waals surface area contributed by atoms with Crippen LogP contribution in [0.5, 0.6) is 0 Å². The predicted molar refractivity (Wildman–Crippen MR) is 75.1 cm³/mol. The predicted octanol–water partition coefficient (Wildman–Crippen LogP) is 2.03. The second-order valence-electron chi connectivity index (χ2n) is 5.04. The Balaban J connectivity index is 2.13. The van der Waals surface area contributed by atoms with Crippen LogP contribution in [0.1, 0.15) is 45.4 Å². The van der Waals surface area contributed by atoms with Crippen LogP contribution in [0.25, 0.3) is 0 Å². The van der Waals surface area contributed by atoms with E-state index in [1.165, 1.54) is 0 Å². The number of terminal acetylenes is 1. The van der Waals surface area contributed by atoms with Crippen molar-refractivity contribution in [2.24, 2.45) is 5.92 Å². The van der Waals surface area contributed by atoms with Crippen molar-refractivity contribution < 1.29 is 4.79 Å². The molecule has 3 heteroatoms. The lowest BCUT2D eigenvalue weighted by molar-refractivity contribution is -0.132. The van der Waals surface area contributed by atoms with Crippen LogP contribution < -0.4 is 5.32 Å². The Morgan fingerprint density at radius 2 is 2.11 bits per heavy atom. The Morgan fingerprint density at radius 3 is 2.72 bits per heavy atom. The Morgan fingerprint density at radius 1 is 1.39 bits per heavy atom. The van der Waals surface area contributed by atoms with Crippen molar-refractivity contribution in [2.75, 3.05) is 26.2 Å². The fourth-order valence-electron chi connectivity index (χ4n) is 2.40. The number of unbranched alkanes of at least 4 members (excludes halogenated alkanes) is 2. The zero-order valence-corrected chi connectivity index (χ0v) is 11.6. The van der Waals surface area contributed by atoms with Gasteiger partial charge in [0.25, 0.3) is 0 Å². The van der Waals surface area contributed by atoms with E-state index in [9.17, 15) is 4.79 Å². The van der Waals surface area contributed by atoms with Gasteiger partial charge in [-0.2, -0.15) is 0 Å². The number of carbonyl (C=O) groups excluding carboxylic acids is 1. The zero-order chi connectivity index (χ0) is 13.2. The zero-order valence-electron chi connectivity index (χ0n) is 11.6. The van der Waals surface area contributed by atoms with Crippen molar-refractivity contribution in [1.29, 1.82) is 0 Å². The molecule has 102 valence electrons. The van der Waals surface area contributed by atoms with Gasteiger partial charge in [-0.3, -0.25) is 4.79 Å². The first-order valence-electron chi connectivity index (χ1n) is 7.19. The maximum absolute atomic E-state index is 11.9. The van der Waals surface area contributed by atoms with Gasteiger partial charge in [0.15, 0.2) is 0 Å². The molecule has 1 fully saturated rings. The third-order valence-electron chi connectivity index (χ3n) is 3.61. The maximum atomic E-state index is 11.9. The van der Waals surface area contributed by atoms with Gasteiger partial charge in [0.2, 0.25) is 5.91 Å². The summed E-state index contributed by atoms with van der Waals surface area (Å²) in [4.78, 5) is 14.0. The second-order valence-corrected chi connectivity index (χ2v) is 5.04. The molecule has 0 unspecified atom stereocenters. The molecule has 0 saturated carbocycles. The number of rotatable bonds is 7. The van der Waals surface area contributed by atoms with Gasteiger partial charge >= 0.3 is 0 Å². The molecule has 1 N–H and O–H groups in total. The highest BCUT2D eigenvalue weighted by Gasteiger charge is 2.21. The van der Waals surface area contributed by atoms with E-state index in [2.05, 4.69) is 18.2 Å². The summed E-state index contributed by atoms with van der Waals surface area (Å²) >= 11 is 0. The van der Waals surface area contributed by atoms with Crippen molar-refractivity contribution in [3.8, 4) is 12.3 Å². The summed E-state index contributed by atoms with van der Waals surface area (Å²) in [5.41, 5.74) is 0. The maximum Gasteiger partial charge on any atom is 0.222 e. The molecule has 0 radical (unpaired) electrons. The van der Waals surface area contributed by atoms with Gasteiger partial charge in [0.05, 0.1) is 0 Å². The van der Waals surface area contributed by atoms with Gasteiger partial charge < -0.3 is 10.2 Å². The van der Waals surface area contributed by atoms with Crippen LogP contribution >= 0.6 is 0 Å². The normalized spacial score (nSPS) is 16.6. The molecule has 18 heavy (non-hydrogen) atoms. The molecule has 1 saturated heterocycles. The molecule has 1 aliphatic rings. The van der Waals surface area contributed by atoms with E-state index in [1.807, 2.05) is 4.90 Å². The number of amides is 1. The van der Waals surface area contributed by atoms with Crippen LogP contribution in [-0.4, -0.2) is 37.0 Å². The summed E-state index contributed by atoms with van der Waals surface area (Å²) in [5, 5.41) is 3.39. The summed E-state index contributed by atoms with van der Waals surface area (Å²) < 4.78 is 0. The quantitative estimate of drug-likeness (QED) is 0.554. The number of piperidine rings is 1. The van der Waals surface area contributed by atoms with E-state index in [1.54, 1.807) is 0 Å². The first-order valence-corrected chi connectivity index (χ1v) is 7.19. The van der Waals surface area contributed by atoms with Crippen LogP contribution in [0.3, 0.4) is 0 Å². The van der Waals surface area contributed by atoms with Gasteiger partial charge in [-0.15, -0.1) is 12.3 Å². The van der Waals surface area contributed by atoms with Gasteiger partial charge in [-0.05, 0) is 44.7 Å². The lowest BCUT2D eigenvalue weighted by Gasteiger charge is -2.32. The van der Waals surface area contributed by atoms with Gasteiger partial charge in [0, 0.05) is 25.9 Å². The van der Waals surface area contributed by atoms with E-state index in [0.717, 1.165) is 64.2 Å². The molecule has 1 aliphatic heterocycles. The van der Waals surface area contributed by atoms with Crippen LogP contribution in [0.15, 0.2) is 0 Å². The van der Waals surface area contributed by atoms with Crippen LogP contribution in [-0.2, 0) is 4.79 Å². The Kier molecular flexibility index (Phi) is 7.52. The van der Waals surface area contributed by atoms with E-state index in [-0.39, 0.29) is 0 Å². The van der Waals surface area contributed by atoms with Crippen molar-refractivity contribution in [3.05, 3.63) is 0 Å². The molecule has 1 amide bonds. The minimum absolute atomic E-state index is 0.314. The molecular weight excluding hydrogens is 224 g/mol. The lowest BCUT2D eigenvalue weighted by atomic mass is 9.96. The first kappa shape index (κ1) is 15.0. The smallest absolute Gasteiger partial charge is 0.222 e. The summed E-state index contributed by atoms with van der Waals surface area (Å²) in [7, 11) is 0. The standard InChI is InChI=1S/C15H26N2O/c1-3-5-6-7-8-15(18)17-11-9-14(10-12-17)13-16-4-2/h1,14,16H,4-13H2,2H3. The lowest BCUT2D eigenvalue weighted by Crippen LogP contribution is -2.40. The molecular formula is C15H26N2O. The highest BCUT2D eigenvalue weighted by molar-refractivity contribution is 5.76. The summed E-state index contributed by atoms with van der Waals surface area (Å²) in [6.07, 6.45) is 10.8. The Labute approximate surface area is 111 Å². The molecule has 0 aromatic rings. The van der Waals surface area contributed by atoms with Crippen LogP contribution in [0.2, 0.25) is 0 Å². The van der Waals surface area contributed by atoms with Gasteiger partial charge in [-0.25, -0.2) is 0 Å². The van der Waals surface area contributed by atoms with E-state index < -0.39 is 0 Å². The van der Waals surface area contributed by atoms with Crippen molar-refractivity contribution in [1.82, 2.24) is 10.2 Å². The summed E-state index contributed by atoms with van der Waals surface area (Å²) in [6.45, 7) is 6.14. The summed E-state index contributed by atoms with van der Waals surface area (Å²) in [6, 6.07) is 0. The minimum Gasteiger partial charge on any atom is -0.343 e. The van der Waals surface area contributed by atoms with Gasteiger partial charge in [0.1, 0.15) is 0 Å². The number of hydrogen-bond acceptors (Lipinski definition) is 2. The number of hydrogen-bond donors (Lipinski definition) is 1. The highest BCUT2D eigenvalue weighted by Crippen LogP contribution is 2.17. The summed E-state index contributed by atoms with van der Waals surface area (Å²) in [5.74, 6) is 3.67. The molecule has 3 nitrogen and oxygen atoms in total. The topological polar surface area (TPSA) is 32.3 Å². The third kappa shape index (κ3) is 5.55. The fraction of sp³-hybridized carbons (Fsp3) is 0.800. The van der Waals surface area contributed by atoms with E-state index in [4.69, 9.17) is 6.42 Å². The third-order valence-corrected chi connectivity index (χ3v) is 3.61. The van der Waals surface area contributed by atoms with Gasteiger partial charge in [-0.1, -0.05) is 6.92 Å². The minimum atomic E-state index is 0.314. The SMILES string of the molecule is C#CCCCCC(=O)N1CCC(CNCC)CC1. The largest absolute Gasteiger partial charge is 0.343 e. The average molecular weight is 250 g/mol. The number of nitrogens with zero attached hydrogens (tertiary/aromatic N) is 1. The van der Waals surface area contributed by atoms with Crippen LogP contribution in [0.4, 0.5) is 0 Å². The fourth-order valence-corrected chi connectivity index (χ4v) is 2.40. The molecule has 1 rings (SSSR count). The number of carbonyl (C=O) groups is 1. The first-order chi connectivity index (χ1) is 8.77. The molecule has 1 heterocycles. The molecule has 0 atom stereocenters. The molecule has 0 aromatic carbocycles. The van der Waals surface area contributed by atoms with E-state index in [0.29, 0.717) is 12.3 Å². The number of nitrogens with one attached hydrogen (secondary N) is 1. The second kappa shape index (κ2) is 8.99. The Hall–Kier alpha value is -1.01. The van der Waals surface area contributed by atoms with E-state index >= 15 is 0 Å². The number of likely N-dealkylation sites (tertiary alicyclic amines) is 1. The average Bonchev–Trinajstić information content (AvgIpc) is 2.41.